The summed E-state index contributed by atoms with van der Waals surface area (Å²) in [5, 5.41) is 30.7. The molecule has 0 spiro atoms. The fourth-order valence-corrected chi connectivity index (χ4v) is 4.07. The van der Waals surface area contributed by atoms with Crippen molar-refractivity contribution in [1.82, 2.24) is 0 Å². The molecule has 162 valence electrons. The van der Waals surface area contributed by atoms with Crippen LogP contribution < -0.4 is 9.47 Å². The highest BCUT2D eigenvalue weighted by molar-refractivity contribution is 6.07. The van der Waals surface area contributed by atoms with Crippen molar-refractivity contribution in [2.75, 3.05) is 6.61 Å². The zero-order chi connectivity index (χ0) is 22.3. The topological polar surface area (TPSA) is 96.2 Å². The number of hydrogen-bond acceptors (Lipinski definition) is 6. The minimum Gasteiger partial charge on any atom is -0.508 e. The average molecular weight is 422 g/mol. The van der Waals surface area contributed by atoms with E-state index in [2.05, 4.69) is 19.9 Å². The minimum atomic E-state index is -0.785. The highest BCUT2D eigenvalue weighted by Crippen LogP contribution is 2.45. The number of Topliss-reactive ketones (excluding diaryl/α,β-unsaturated/α-hetero) is 1. The molecule has 3 N–H and O–H groups in total. The molecular formula is C25H26O6. The monoisotopic (exact) mass is 422 g/mol. The molecule has 0 aliphatic carbocycles. The highest BCUT2D eigenvalue weighted by atomic mass is 16.5. The third-order valence-corrected chi connectivity index (χ3v) is 5.76. The summed E-state index contributed by atoms with van der Waals surface area (Å²) in [6, 6.07) is 5.81. The number of allylic oxidation sites excluding steroid dienone is 2. The Morgan fingerprint density at radius 1 is 1.19 bits per heavy atom. The Labute approximate surface area is 181 Å². The van der Waals surface area contributed by atoms with E-state index in [0.717, 1.165) is 18.9 Å². The molecule has 6 nitrogen and oxygen atoms in total. The number of phenolic OH excluding ortho intramolecular Hbond substituents is 3. The second kappa shape index (κ2) is 7.69. The molecular weight excluding hydrogens is 396 g/mol. The van der Waals surface area contributed by atoms with Crippen LogP contribution in [0.3, 0.4) is 0 Å². The molecule has 2 aromatic rings. The van der Waals surface area contributed by atoms with Gasteiger partial charge in [0.15, 0.2) is 5.78 Å². The normalized spacial score (nSPS) is 21.5. The lowest BCUT2D eigenvalue weighted by molar-refractivity contribution is 0.0889. The maximum atomic E-state index is 13.1. The van der Waals surface area contributed by atoms with Crippen LogP contribution in [0.25, 0.3) is 6.08 Å². The van der Waals surface area contributed by atoms with Gasteiger partial charge in [0.2, 0.25) is 0 Å². The zero-order valence-electron chi connectivity index (χ0n) is 17.8. The van der Waals surface area contributed by atoms with Crippen molar-refractivity contribution in [3.63, 3.8) is 0 Å². The Morgan fingerprint density at radius 3 is 2.71 bits per heavy atom. The molecule has 0 amide bonds. The van der Waals surface area contributed by atoms with Gasteiger partial charge in [-0.15, -0.1) is 0 Å². The van der Waals surface area contributed by atoms with Crippen LogP contribution >= 0.6 is 0 Å². The van der Waals surface area contributed by atoms with Gasteiger partial charge in [-0.05, 0) is 51.8 Å². The molecule has 2 aliphatic rings. The zero-order valence-corrected chi connectivity index (χ0v) is 17.8. The lowest BCUT2D eigenvalue weighted by Gasteiger charge is -2.33. The van der Waals surface area contributed by atoms with Gasteiger partial charge >= 0.3 is 0 Å². The van der Waals surface area contributed by atoms with Crippen molar-refractivity contribution in [3.8, 4) is 28.7 Å². The van der Waals surface area contributed by atoms with Crippen molar-refractivity contribution in [3.05, 3.63) is 58.7 Å². The Bertz CT molecular complexity index is 1110. The Hall–Kier alpha value is -3.41. The third-order valence-electron chi connectivity index (χ3n) is 5.76. The molecule has 2 aliphatic heterocycles. The number of benzene rings is 2. The van der Waals surface area contributed by atoms with Gasteiger partial charge in [0.05, 0.1) is 11.5 Å². The fraction of sp³-hybridized carbons (Fsp3) is 0.320. The number of hydrogen-bond donors (Lipinski definition) is 3. The van der Waals surface area contributed by atoms with Gasteiger partial charge in [-0.25, -0.2) is 0 Å². The number of carbonyl (C=O) groups is 1. The number of aromatic hydroxyl groups is 3. The van der Waals surface area contributed by atoms with E-state index in [1.54, 1.807) is 12.1 Å². The first-order chi connectivity index (χ1) is 14.7. The molecule has 2 unspecified atom stereocenters. The van der Waals surface area contributed by atoms with E-state index in [1.807, 2.05) is 19.1 Å². The van der Waals surface area contributed by atoms with E-state index in [0.29, 0.717) is 16.9 Å². The Kier molecular flexibility index (Phi) is 5.17. The van der Waals surface area contributed by atoms with E-state index in [1.165, 1.54) is 11.6 Å². The SMILES string of the molecule is CC(C)=CCCC1(C)C=Cc2c(ccc(C3COc4cc(O)cc(O)c4C3=O)c2O)O1. The molecule has 2 atom stereocenters. The second-order valence-corrected chi connectivity index (χ2v) is 8.55. The second-order valence-electron chi connectivity index (χ2n) is 8.55. The molecule has 0 fully saturated rings. The average Bonchev–Trinajstić information content (AvgIpc) is 2.68. The largest absolute Gasteiger partial charge is 0.508 e. The molecule has 0 radical (unpaired) electrons. The van der Waals surface area contributed by atoms with Gasteiger partial charge in [-0.3, -0.25) is 4.79 Å². The quantitative estimate of drug-likeness (QED) is 0.595. The van der Waals surface area contributed by atoms with Crippen LogP contribution in [0.4, 0.5) is 0 Å². The summed E-state index contributed by atoms with van der Waals surface area (Å²) in [7, 11) is 0. The number of ketones is 1. The summed E-state index contributed by atoms with van der Waals surface area (Å²) in [4.78, 5) is 13.1. The number of phenols is 3. The third kappa shape index (κ3) is 3.85. The molecule has 0 saturated heterocycles. The standard InChI is InChI=1S/C25H26O6/c1-14(2)5-4-9-25(3)10-8-17-20(31-25)7-6-16(23(17)28)18-13-30-21-12-15(26)11-19(27)22(21)24(18)29/h5-8,10-12,18,26-28H,4,9,13H2,1-3H3. The summed E-state index contributed by atoms with van der Waals surface area (Å²) in [6.45, 7) is 6.12. The summed E-state index contributed by atoms with van der Waals surface area (Å²) < 4.78 is 11.8. The predicted molar refractivity (Wildman–Crippen MR) is 117 cm³/mol. The number of carbonyl (C=O) groups excluding carboxylic acids is 1. The number of ether oxygens (including phenoxy) is 2. The molecule has 6 heteroatoms. The van der Waals surface area contributed by atoms with Gasteiger partial charge in [-0.2, -0.15) is 0 Å². The summed E-state index contributed by atoms with van der Waals surface area (Å²) >= 11 is 0. The Balaban J connectivity index is 1.63. The molecule has 0 bridgehead atoms. The van der Waals surface area contributed by atoms with Crippen molar-refractivity contribution in [1.29, 1.82) is 0 Å². The summed E-state index contributed by atoms with van der Waals surface area (Å²) in [6.07, 6.45) is 7.61. The maximum Gasteiger partial charge on any atom is 0.181 e. The van der Waals surface area contributed by atoms with Crippen molar-refractivity contribution in [2.24, 2.45) is 0 Å². The van der Waals surface area contributed by atoms with Gasteiger partial charge in [0.1, 0.15) is 46.5 Å². The molecule has 2 heterocycles. The number of fused-ring (bicyclic) bond motifs is 2. The first-order valence-electron chi connectivity index (χ1n) is 10.3. The predicted octanol–water partition coefficient (Wildman–Crippen LogP) is 5.07. The first kappa shape index (κ1) is 20.8. The molecule has 0 saturated carbocycles. The van der Waals surface area contributed by atoms with Crippen molar-refractivity contribution in [2.45, 2.75) is 45.1 Å². The van der Waals surface area contributed by atoms with Crippen LogP contribution in [0.5, 0.6) is 28.7 Å². The van der Waals surface area contributed by atoms with E-state index >= 15 is 0 Å². The van der Waals surface area contributed by atoms with Crippen LogP contribution in [-0.2, 0) is 0 Å². The minimum absolute atomic E-state index is 0.00445. The highest BCUT2D eigenvalue weighted by Gasteiger charge is 2.36. The van der Waals surface area contributed by atoms with Crippen LogP contribution in [0.15, 0.2) is 42.0 Å². The lowest BCUT2D eigenvalue weighted by Crippen LogP contribution is -2.32. The van der Waals surface area contributed by atoms with E-state index in [4.69, 9.17) is 9.47 Å². The van der Waals surface area contributed by atoms with E-state index < -0.39 is 11.5 Å². The fourth-order valence-electron chi connectivity index (χ4n) is 4.07. The van der Waals surface area contributed by atoms with Crippen LogP contribution in [0.2, 0.25) is 0 Å². The molecule has 2 aromatic carbocycles. The summed E-state index contributed by atoms with van der Waals surface area (Å²) in [5.41, 5.74) is 1.70. The van der Waals surface area contributed by atoms with Gasteiger partial charge < -0.3 is 24.8 Å². The molecule has 31 heavy (non-hydrogen) atoms. The van der Waals surface area contributed by atoms with Crippen LogP contribution in [-0.4, -0.2) is 33.3 Å². The van der Waals surface area contributed by atoms with Gasteiger partial charge in [0.25, 0.3) is 0 Å². The molecule has 4 rings (SSSR count). The van der Waals surface area contributed by atoms with Crippen LogP contribution in [0.1, 0.15) is 61.0 Å². The van der Waals surface area contributed by atoms with Crippen molar-refractivity contribution < 1.29 is 29.6 Å². The van der Waals surface area contributed by atoms with E-state index in [9.17, 15) is 20.1 Å². The number of rotatable bonds is 4. The van der Waals surface area contributed by atoms with Crippen LogP contribution in [0, 0.1) is 0 Å². The maximum absolute atomic E-state index is 13.1. The Morgan fingerprint density at radius 2 is 1.97 bits per heavy atom. The van der Waals surface area contributed by atoms with Crippen molar-refractivity contribution >= 4 is 11.9 Å². The first-order valence-corrected chi connectivity index (χ1v) is 10.3. The van der Waals surface area contributed by atoms with Gasteiger partial charge in [-0.1, -0.05) is 17.7 Å². The lowest BCUT2D eigenvalue weighted by atomic mass is 9.86. The molecule has 0 aromatic heterocycles. The van der Waals surface area contributed by atoms with Gasteiger partial charge in [0, 0.05) is 17.7 Å². The smallest absolute Gasteiger partial charge is 0.181 e. The summed E-state index contributed by atoms with van der Waals surface area (Å²) in [5.74, 6) is -1.04. The van der Waals surface area contributed by atoms with E-state index in [-0.39, 0.29) is 41.0 Å².